The van der Waals surface area contributed by atoms with Crippen molar-refractivity contribution in [3.8, 4) is 0 Å². The molecule has 1 N–H and O–H groups in total. The summed E-state index contributed by atoms with van der Waals surface area (Å²) in [5.74, 6) is -0.502. The van der Waals surface area contributed by atoms with Gasteiger partial charge in [0.15, 0.2) is 0 Å². The van der Waals surface area contributed by atoms with Crippen LogP contribution in [0.4, 0.5) is 5.69 Å². The molecule has 0 saturated carbocycles. The first kappa shape index (κ1) is 15.6. The average molecular weight is 280 g/mol. The maximum atomic E-state index is 11.6. The second-order valence-electron chi connectivity index (χ2n) is 4.13. The second-order valence-corrected chi connectivity index (χ2v) is 4.13. The van der Waals surface area contributed by atoms with Gasteiger partial charge in [0.1, 0.15) is 0 Å². The fourth-order valence-electron chi connectivity index (χ4n) is 1.55. The number of non-ortho nitro benzene ring substituents is 1. The molecule has 1 rings (SSSR count). The Bertz CT molecular complexity index is 484. The van der Waals surface area contributed by atoms with Gasteiger partial charge in [0, 0.05) is 25.1 Å². The summed E-state index contributed by atoms with van der Waals surface area (Å²) in [7, 11) is 1.31. The van der Waals surface area contributed by atoms with Crippen molar-refractivity contribution >= 4 is 17.6 Å². The number of carbonyl (C=O) groups is 2. The van der Waals surface area contributed by atoms with Crippen LogP contribution in [0.2, 0.25) is 0 Å². The number of nitro groups is 1. The fraction of sp³-hybridized carbons (Fsp3) is 0.385. The smallest absolute Gasteiger partial charge is 0.305 e. The van der Waals surface area contributed by atoms with E-state index in [0.29, 0.717) is 18.5 Å². The molecule has 7 heteroatoms. The summed E-state index contributed by atoms with van der Waals surface area (Å²) < 4.78 is 4.48. The molecule has 0 aliphatic rings. The topological polar surface area (TPSA) is 98.5 Å². The normalized spacial score (nSPS) is 9.85. The maximum Gasteiger partial charge on any atom is 0.305 e. The van der Waals surface area contributed by atoms with Crippen molar-refractivity contribution in [2.75, 3.05) is 13.7 Å². The van der Waals surface area contributed by atoms with E-state index in [1.165, 1.54) is 19.2 Å². The molecule has 7 nitrogen and oxygen atoms in total. The molecule has 0 aliphatic carbocycles. The highest BCUT2D eigenvalue weighted by Gasteiger charge is 2.07. The van der Waals surface area contributed by atoms with Crippen molar-refractivity contribution in [3.05, 3.63) is 39.9 Å². The number of nitrogens with one attached hydrogen (secondary N) is 1. The number of nitrogens with zero attached hydrogens (tertiary/aromatic N) is 1. The summed E-state index contributed by atoms with van der Waals surface area (Å²) in [5, 5.41) is 13.1. The number of nitro benzene ring substituents is 1. The molecule has 0 radical (unpaired) electrons. The van der Waals surface area contributed by atoms with Crippen LogP contribution in [-0.4, -0.2) is 30.5 Å². The van der Waals surface area contributed by atoms with E-state index in [-0.39, 0.29) is 30.4 Å². The predicted octanol–water partition coefficient (Wildman–Crippen LogP) is 1.21. The van der Waals surface area contributed by atoms with Crippen LogP contribution in [0.1, 0.15) is 18.4 Å². The lowest BCUT2D eigenvalue weighted by Gasteiger charge is -2.04. The largest absolute Gasteiger partial charge is 0.469 e. The molecule has 0 bridgehead atoms. The number of carbonyl (C=O) groups excluding carboxylic acids is 2. The third-order valence-corrected chi connectivity index (χ3v) is 2.62. The summed E-state index contributed by atoms with van der Waals surface area (Å²) in [4.78, 5) is 32.4. The number of benzene rings is 1. The minimum absolute atomic E-state index is 0.00719. The number of hydrogen-bond donors (Lipinski definition) is 1. The molecule has 1 aromatic rings. The Kier molecular flexibility index (Phi) is 6.15. The lowest BCUT2D eigenvalue weighted by atomic mass is 10.1. The minimum Gasteiger partial charge on any atom is -0.469 e. The molecule has 0 atom stereocenters. The molecule has 0 aliphatic heterocycles. The number of methoxy groups -OCH3 is 1. The van der Waals surface area contributed by atoms with Crippen molar-refractivity contribution in [2.45, 2.75) is 19.3 Å². The predicted molar refractivity (Wildman–Crippen MR) is 71.1 cm³/mol. The molecule has 1 aromatic carbocycles. The van der Waals surface area contributed by atoms with E-state index in [9.17, 15) is 19.7 Å². The Hall–Kier alpha value is -2.44. The summed E-state index contributed by atoms with van der Waals surface area (Å²) in [5.41, 5.74) is 0.688. The van der Waals surface area contributed by atoms with Gasteiger partial charge in [-0.05, 0) is 12.0 Å². The first-order valence-corrected chi connectivity index (χ1v) is 6.09. The van der Waals surface area contributed by atoms with Crippen LogP contribution < -0.4 is 5.32 Å². The quantitative estimate of drug-likeness (QED) is 0.350. The van der Waals surface area contributed by atoms with Crippen LogP contribution in [0.3, 0.4) is 0 Å². The second kappa shape index (κ2) is 7.88. The van der Waals surface area contributed by atoms with E-state index in [0.717, 1.165) is 0 Å². The molecule has 0 aromatic heterocycles. The highest BCUT2D eigenvalue weighted by atomic mass is 16.6. The summed E-state index contributed by atoms with van der Waals surface area (Å²) in [6, 6.07) is 5.82. The maximum absolute atomic E-state index is 11.6. The molecule has 0 fully saturated rings. The third-order valence-electron chi connectivity index (χ3n) is 2.62. The summed E-state index contributed by atoms with van der Waals surface area (Å²) >= 11 is 0. The van der Waals surface area contributed by atoms with E-state index in [4.69, 9.17) is 0 Å². The first-order valence-electron chi connectivity index (χ1n) is 6.09. The number of ether oxygens (including phenoxy) is 1. The van der Waals surface area contributed by atoms with Crippen LogP contribution in [0.25, 0.3) is 0 Å². The zero-order valence-corrected chi connectivity index (χ0v) is 11.1. The Morgan fingerprint density at radius 3 is 2.50 bits per heavy atom. The van der Waals surface area contributed by atoms with Gasteiger partial charge in [0.05, 0.1) is 18.5 Å². The minimum atomic E-state index is -0.489. The monoisotopic (exact) mass is 280 g/mol. The molecule has 108 valence electrons. The van der Waals surface area contributed by atoms with Crippen LogP contribution in [0.15, 0.2) is 24.3 Å². The number of rotatable bonds is 7. The van der Waals surface area contributed by atoms with E-state index < -0.39 is 4.92 Å². The summed E-state index contributed by atoms with van der Waals surface area (Å²) in [6.45, 7) is 0.390. The van der Waals surface area contributed by atoms with Gasteiger partial charge in [-0.2, -0.15) is 0 Å². The molecule has 1 amide bonds. The Balaban J connectivity index is 2.31. The zero-order valence-electron chi connectivity index (χ0n) is 11.1. The molecule has 0 heterocycles. The van der Waals surface area contributed by atoms with Crippen molar-refractivity contribution in [1.29, 1.82) is 0 Å². The third kappa shape index (κ3) is 5.47. The van der Waals surface area contributed by atoms with Crippen LogP contribution in [0.5, 0.6) is 0 Å². The van der Waals surface area contributed by atoms with Crippen molar-refractivity contribution < 1.29 is 19.2 Å². The van der Waals surface area contributed by atoms with Gasteiger partial charge in [-0.3, -0.25) is 19.7 Å². The number of hydrogen-bond acceptors (Lipinski definition) is 5. The fourth-order valence-corrected chi connectivity index (χ4v) is 1.55. The lowest BCUT2D eigenvalue weighted by Crippen LogP contribution is -2.26. The first-order chi connectivity index (χ1) is 9.52. The standard InChI is InChI=1S/C13H16N2O5/c1-20-13(17)3-2-8-14-12(16)9-10-4-6-11(7-5-10)15(18)19/h4-7H,2-3,8-9H2,1H3,(H,14,16). The SMILES string of the molecule is COC(=O)CCCNC(=O)Cc1ccc([N+](=O)[O-])cc1. The van der Waals surface area contributed by atoms with Gasteiger partial charge in [-0.1, -0.05) is 12.1 Å². The van der Waals surface area contributed by atoms with Gasteiger partial charge in [0.2, 0.25) is 5.91 Å². The van der Waals surface area contributed by atoms with Crippen LogP contribution in [-0.2, 0) is 20.7 Å². The van der Waals surface area contributed by atoms with Crippen molar-refractivity contribution in [3.63, 3.8) is 0 Å². The molecular weight excluding hydrogens is 264 g/mol. The van der Waals surface area contributed by atoms with Crippen molar-refractivity contribution in [1.82, 2.24) is 5.32 Å². The van der Waals surface area contributed by atoms with Gasteiger partial charge >= 0.3 is 5.97 Å². The highest BCUT2D eigenvalue weighted by molar-refractivity contribution is 5.78. The van der Waals surface area contributed by atoms with E-state index >= 15 is 0 Å². The molecule has 0 unspecified atom stereocenters. The van der Waals surface area contributed by atoms with Crippen LogP contribution in [0, 0.1) is 10.1 Å². The molecule has 20 heavy (non-hydrogen) atoms. The Labute approximate surface area is 116 Å². The highest BCUT2D eigenvalue weighted by Crippen LogP contribution is 2.12. The lowest BCUT2D eigenvalue weighted by molar-refractivity contribution is -0.384. The number of amides is 1. The van der Waals surface area contributed by atoms with Gasteiger partial charge in [0.25, 0.3) is 5.69 Å². The van der Waals surface area contributed by atoms with Crippen LogP contribution >= 0.6 is 0 Å². The van der Waals surface area contributed by atoms with Gasteiger partial charge in [-0.25, -0.2) is 0 Å². The van der Waals surface area contributed by atoms with E-state index in [1.807, 2.05) is 0 Å². The molecular formula is C13H16N2O5. The Morgan fingerprint density at radius 1 is 1.30 bits per heavy atom. The molecule has 0 spiro atoms. The molecule has 0 saturated heterocycles. The Morgan fingerprint density at radius 2 is 1.95 bits per heavy atom. The number of esters is 1. The van der Waals surface area contributed by atoms with E-state index in [1.54, 1.807) is 12.1 Å². The van der Waals surface area contributed by atoms with E-state index in [2.05, 4.69) is 10.1 Å². The van der Waals surface area contributed by atoms with Gasteiger partial charge < -0.3 is 10.1 Å². The van der Waals surface area contributed by atoms with Gasteiger partial charge in [-0.15, -0.1) is 0 Å². The zero-order chi connectivity index (χ0) is 15.0. The van der Waals surface area contributed by atoms with Crippen molar-refractivity contribution in [2.24, 2.45) is 0 Å². The average Bonchev–Trinajstić information content (AvgIpc) is 2.43. The summed E-state index contributed by atoms with van der Waals surface area (Å²) in [6.07, 6.45) is 0.920.